The van der Waals surface area contributed by atoms with Crippen LogP contribution in [0.2, 0.25) is 0 Å². The molecule has 0 aromatic rings. The van der Waals surface area contributed by atoms with Gasteiger partial charge >= 0.3 is 58.8 Å². The van der Waals surface area contributed by atoms with Crippen molar-refractivity contribution >= 4 is 29.3 Å². The molecule has 17 heavy (non-hydrogen) atoms. The smallest absolute Gasteiger partial charge is 0.832 e. The molecule has 0 rings (SSSR count). The van der Waals surface area contributed by atoms with E-state index in [-0.39, 0.29) is 29.6 Å². The van der Waals surface area contributed by atoms with Crippen molar-refractivity contribution in [2.75, 3.05) is 0 Å². The third-order valence-corrected chi connectivity index (χ3v) is 0. The van der Waals surface area contributed by atoms with Crippen LogP contribution in [0.5, 0.6) is 0 Å². The molecule has 96 valence electrons. The largest absolute Gasteiger partial charge is 1.00 e. The van der Waals surface area contributed by atoms with E-state index in [4.69, 9.17) is 60.3 Å². The van der Waals surface area contributed by atoms with E-state index >= 15 is 0 Å². The van der Waals surface area contributed by atoms with Crippen LogP contribution in [0.1, 0.15) is 0 Å². The van der Waals surface area contributed by atoms with Gasteiger partial charge in [-0.2, -0.15) is 0 Å². The van der Waals surface area contributed by atoms with E-state index in [2.05, 4.69) is 0 Å². The average molecular weight is 269 g/mol. The van der Waals surface area contributed by atoms with Gasteiger partial charge in [-0.25, -0.2) is 0 Å². The van der Waals surface area contributed by atoms with Crippen molar-refractivity contribution in [2.24, 2.45) is 0 Å². The molecule has 0 saturated heterocycles. The van der Waals surface area contributed by atoms with Gasteiger partial charge in [-0.3, -0.25) is 0 Å². The van der Waals surface area contributed by atoms with Crippen molar-refractivity contribution in [3.8, 4) is 0 Å². The molecule has 0 saturated carbocycles. The van der Waals surface area contributed by atoms with Crippen LogP contribution >= 0.6 is 0 Å². The molecule has 11 N–H and O–H groups in total. The van der Waals surface area contributed by atoms with Gasteiger partial charge in [0.25, 0.3) is 0 Å². The summed E-state index contributed by atoms with van der Waals surface area (Å²) < 4.78 is 0. The second-order valence-electron chi connectivity index (χ2n) is 1.37. The van der Waals surface area contributed by atoms with Gasteiger partial charge in [0.1, 0.15) is 0 Å². The van der Waals surface area contributed by atoms with Gasteiger partial charge in [0.2, 0.25) is 0 Å². The van der Waals surface area contributed by atoms with E-state index in [1.165, 1.54) is 0 Å². The van der Waals surface area contributed by atoms with Crippen LogP contribution < -0.4 is 34.6 Å². The Morgan fingerprint density at radius 1 is 0.471 bits per heavy atom. The molecular formula is H11B4NaO12. The predicted molar refractivity (Wildman–Crippen MR) is 47.4 cm³/mol. The summed E-state index contributed by atoms with van der Waals surface area (Å²) in [6.45, 7) is 0. The van der Waals surface area contributed by atoms with E-state index in [1.54, 1.807) is 0 Å². The molecule has 0 aliphatic heterocycles. The zero-order valence-corrected chi connectivity index (χ0v) is 10.6. The van der Waals surface area contributed by atoms with Gasteiger partial charge in [-0.05, 0) is 0 Å². The normalized spacial score (nSPS) is 6.35. The van der Waals surface area contributed by atoms with Crippen LogP contribution in [0, 0.1) is 0 Å². The standard InChI is InChI=1S/3BH3O3.BH2O3.Na/c4*2-1(3)4;/h3*2-4H;2-3H;/q;;;-1;+1. The minimum Gasteiger partial charge on any atom is -0.832 e. The molecular weight excluding hydrogens is 258 g/mol. The molecule has 0 spiro atoms. The Morgan fingerprint density at radius 2 is 0.471 bits per heavy atom. The third kappa shape index (κ3) is 6030. The fourth-order valence-electron chi connectivity index (χ4n) is 0. The summed E-state index contributed by atoms with van der Waals surface area (Å²) in [7, 11) is -8.92. The van der Waals surface area contributed by atoms with Crippen molar-refractivity contribution < 1.29 is 89.8 Å². The third-order valence-electron chi connectivity index (χ3n) is 0. The summed E-state index contributed by atoms with van der Waals surface area (Å²) in [6.07, 6.45) is 0. The van der Waals surface area contributed by atoms with Crippen LogP contribution in [-0.2, 0) is 0 Å². The minimum atomic E-state index is -2.42. The summed E-state index contributed by atoms with van der Waals surface area (Å²) >= 11 is 0. The Kier molecular flexibility index (Phi) is 46.1. The van der Waals surface area contributed by atoms with Gasteiger partial charge in [0, 0.05) is 0 Å². The maximum Gasteiger partial charge on any atom is 1.00 e. The van der Waals surface area contributed by atoms with E-state index in [1.807, 2.05) is 0 Å². The van der Waals surface area contributed by atoms with Crippen LogP contribution in [-0.4, -0.2) is 84.5 Å². The maximum atomic E-state index is 8.64. The molecule has 0 radical (unpaired) electrons. The summed E-state index contributed by atoms with van der Waals surface area (Å²) in [6, 6.07) is 0. The van der Waals surface area contributed by atoms with E-state index in [9.17, 15) is 0 Å². The van der Waals surface area contributed by atoms with Gasteiger partial charge in [-0.15, -0.1) is 0 Å². The molecule has 0 aromatic heterocycles. The average Bonchev–Trinajstić information content (AvgIpc) is 1.76. The zero-order chi connectivity index (χ0) is 14.3. The number of hydrogen-bond donors (Lipinski definition) is 11. The van der Waals surface area contributed by atoms with Crippen LogP contribution in [0.4, 0.5) is 0 Å². The molecule has 0 heterocycles. The first-order chi connectivity index (χ1) is 6.93. The van der Waals surface area contributed by atoms with Gasteiger partial charge in [-0.1, -0.05) is 0 Å². The molecule has 0 aromatic carbocycles. The molecule has 0 unspecified atom stereocenters. The van der Waals surface area contributed by atoms with E-state index in [0.29, 0.717) is 0 Å². The SMILES string of the molecule is OB(O)O.OB(O)O.OB(O)O.[Na+].[O-]B(O)O. The van der Waals surface area contributed by atoms with Crippen LogP contribution in [0.3, 0.4) is 0 Å². The first-order valence-electron chi connectivity index (χ1n) is 3.08. The Labute approximate surface area is 119 Å². The molecule has 0 amide bonds. The van der Waals surface area contributed by atoms with Crippen molar-refractivity contribution in [3.05, 3.63) is 0 Å². The topological polar surface area (TPSA) is 246 Å². The maximum absolute atomic E-state index is 8.64. The molecule has 0 atom stereocenters. The second kappa shape index (κ2) is 25.6. The summed E-state index contributed by atoms with van der Waals surface area (Å²) in [4.78, 5) is 0. The predicted octanol–water partition coefficient (Wildman–Crippen LogP) is -11.8. The zero-order valence-electron chi connectivity index (χ0n) is 8.64. The van der Waals surface area contributed by atoms with Crippen molar-refractivity contribution in [1.82, 2.24) is 0 Å². The van der Waals surface area contributed by atoms with Crippen LogP contribution in [0.15, 0.2) is 0 Å². The van der Waals surface area contributed by atoms with E-state index < -0.39 is 29.3 Å². The minimum absolute atomic E-state index is 0. The second-order valence-corrected chi connectivity index (χ2v) is 1.37. The molecule has 0 aliphatic rings. The molecule has 12 nitrogen and oxygen atoms in total. The van der Waals surface area contributed by atoms with Gasteiger partial charge < -0.3 is 60.3 Å². The Hall–Kier alpha value is 0.780. The summed E-state index contributed by atoms with van der Waals surface area (Å²) in [5.41, 5.74) is 0. The Balaban J connectivity index is -0.0000000369. The van der Waals surface area contributed by atoms with Crippen molar-refractivity contribution in [3.63, 3.8) is 0 Å². The quantitative estimate of drug-likeness (QED) is 0.183. The Bertz CT molecular complexity index is 61.5. The van der Waals surface area contributed by atoms with Gasteiger partial charge in [0.05, 0.1) is 0 Å². The fourth-order valence-corrected chi connectivity index (χ4v) is 0. The molecule has 17 heteroatoms. The first kappa shape index (κ1) is 30.7. The van der Waals surface area contributed by atoms with Crippen molar-refractivity contribution in [2.45, 2.75) is 0 Å². The molecule has 0 bridgehead atoms. The Morgan fingerprint density at radius 3 is 0.471 bits per heavy atom. The van der Waals surface area contributed by atoms with Crippen molar-refractivity contribution in [1.29, 1.82) is 0 Å². The molecule has 0 aliphatic carbocycles. The van der Waals surface area contributed by atoms with Crippen LogP contribution in [0.25, 0.3) is 0 Å². The summed E-state index contributed by atoms with van der Waals surface area (Å²) in [5, 5.41) is 87.2. The first-order valence-corrected chi connectivity index (χ1v) is 3.08. The summed E-state index contributed by atoms with van der Waals surface area (Å²) in [5.74, 6) is 0. The monoisotopic (exact) mass is 270 g/mol. The molecule has 0 fully saturated rings. The fraction of sp³-hybridized carbons (Fsp3) is 0. The number of hydrogen-bond acceptors (Lipinski definition) is 12. The van der Waals surface area contributed by atoms with Gasteiger partial charge in [0.15, 0.2) is 0 Å². The van der Waals surface area contributed by atoms with E-state index in [0.717, 1.165) is 0 Å². The number of rotatable bonds is 0.